The SMILES string of the molecule is CC(N)C(OCCc1ccccn1)c1cccc(F)c1. The van der Waals surface area contributed by atoms with E-state index in [2.05, 4.69) is 4.98 Å². The van der Waals surface area contributed by atoms with Crippen molar-refractivity contribution in [3.8, 4) is 0 Å². The Kier molecular flexibility index (Phi) is 5.21. The molecule has 2 N–H and O–H groups in total. The van der Waals surface area contributed by atoms with E-state index < -0.39 is 0 Å². The van der Waals surface area contributed by atoms with Gasteiger partial charge in [0.1, 0.15) is 5.82 Å². The highest BCUT2D eigenvalue weighted by Gasteiger charge is 2.17. The van der Waals surface area contributed by atoms with E-state index in [1.54, 1.807) is 12.3 Å². The van der Waals surface area contributed by atoms with Crippen LogP contribution in [0.2, 0.25) is 0 Å². The molecule has 0 aliphatic rings. The van der Waals surface area contributed by atoms with Crippen molar-refractivity contribution in [3.63, 3.8) is 0 Å². The molecule has 0 amide bonds. The van der Waals surface area contributed by atoms with E-state index in [4.69, 9.17) is 10.5 Å². The molecular weight excluding hydrogens is 255 g/mol. The van der Waals surface area contributed by atoms with Crippen LogP contribution in [-0.2, 0) is 11.2 Å². The Morgan fingerprint density at radius 3 is 2.75 bits per heavy atom. The number of nitrogens with two attached hydrogens (primary N) is 1. The molecule has 0 saturated carbocycles. The molecule has 2 aromatic rings. The number of ether oxygens (including phenoxy) is 1. The molecule has 20 heavy (non-hydrogen) atoms. The van der Waals surface area contributed by atoms with Crippen LogP contribution >= 0.6 is 0 Å². The van der Waals surface area contributed by atoms with E-state index in [0.29, 0.717) is 13.0 Å². The van der Waals surface area contributed by atoms with Crippen LogP contribution in [-0.4, -0.2) is 17.6 Å². The van der Waals surface area contributed by atoms with Crippen LogP contribution < -0.4 is 5.73 Å². The standard InChI is InChI=1S/C16H19FN2O/c1-12(18)16(13-5-4-6-14(17)11-13)20-10-8-15-7-2-3-9-19-15/h2-7,9,11-12,16H,8,10,18H2,1H3. The molecule has 0 saturated heterocycles. The Morgan fingerprint density at radius 2 is 2.10 bits per heavy atom. The lowest BCUT2D eigenvalue weighted by molar-refractivity contribution is 0.0398. The minimum Gasteiger partial charge on any atom is -0.372 e. The smallest absolute Gasteiger partial charge is 0.123 e. The fourth-order valence-electron chi connectivity index (χ4n) is 2.07. The van der Waals surface area contributed by atoms with Gasteiger partial charge in [-0.05, 0) is 36.8 Å². The summed E-state index contributed by atoms with van der Waals surface area (Å²) in [6, 6.07) is 11.9. The molecule has 0 spiro atoms. The van der Waals surface area contributed by atoms with E-state index in [9.17, 15) is 4.39 Å². The van der Waals surface area contributed by atoms with Crippen LogP contribution in [0.25, 0.3) is 0 Å². The summed E-state index contributed by atoms with van der Waals surface area (Å²) in [4.78, 5) is 4.24. The van der Waals surface area contributed by atoms with Gasteiger partial charge in [0.25, 0.3) is 0 Å². The van der Waals surface area contributed by atoms with Crippen molar-refractivity contribution in [1.29, 1.82) is 0 Å². The Balaban J connectivity index is 1.96. The topological polar surface area (TPSA) is 48.1 Å². The quantitative estimate of drug-likeness (QED) is 0.881. The number of nitrogens with zero attached hydrogens (tertiary/aromatic N) is 1. The van der Waals surface area contributed by atoms with Gasteiger partial charge in [0.15, 0.2) is 0 Å². The van der Waals surface area contributed by atoms with E-state index in [1.165, 1.54) is 12.1 Å². The molecule has 2 rings (SSSR count). The van der Waals surface area contributed by atoms with Gasteiger partial charge in [0, 0.05) is 24.4 Å². The lowest BCUT2D eigenvalue weighted by atomic mass is 10.0. The third-order valence-electron chi connectivity index (χ3n) is 3.04. The third kappa shape index (κ3) is 4.11. The molecule has 106 valence electrons. The predicted octanol–water partition coefficient (Wildman–Crippen LogP) is 2.87. The number of halogens is 1. The zero-order valence-electron chi connectivity index (χ0n) is 11.5. The van der Waals surface area contributed by atoms with Crippen molar-refractivity contribution < 1.29 is 9.13 Å². The third-order valence-corrected chi connectivity index (χ3v) is 3.04. The van der Waals surface area contributed by atoms with Crippen molar-refractivity contribution in [2.24, 2.45) is 5.73 Å². The molecule has 0 aliphatic heterocycles. The highest BCUT2D eigenvalue weighted by Crippen LogP contribution is 2.21. The molecule has 4 heteroatoms. The molecule has 3 nitrogen and oxygen atoms in total. The van der Waals surface area contributed by atoms with Gasteiger partial charge in [-0.1, -0.05) is 18.2 Å². The summed E-state index contributed by atoms with van der Waals surface area (Å²) in [7, 11) is 0. The van der Waals surface area contributed by atoms with Crippen molar-refractivity contribution in [3.05, 3.63) is 65.7 Å². The fourth-order valence-corrected chi connectivity index (χ4v) is 2.07. The maximum Gasteiger partial charge on any atom is 0.123 e. The van der Waals surface area contributed by atoms with Crippen LogP contribution in [0.15, 0.2) is 48.7 Å². The molecule has 0 aliphatic carbocycles. The van der Waals surface area contributed by atoms with Crippen LogP contribution in [0, 0.1) is 5.82 Å². The number of hydrogen-bond donors (Lipinski definition) is 1. The van der Waals surface area contributed by atoms with Crippen molar-refractivity contribution in [2.75, 3.05) is 6.61 Å². The van der Waals surface area contributed by atoms with Gasteiger partial charge in [-0.3, -0.25) is 4.98 Å². The second-order valence-electron chi connectivity index (χ2n) is 4.78. The van der Waals surface area contributed by atoms with Crippen LogP contribution in [0.5, 0.6) is 0 Å². The largest absolute Gasteiger partial charge is 0.372 e. The second-order valence-corrected chi connectivity index (χ2v) is 4.78. The molecule has 1 aromatic carbocycles. The number of aromatic nitrogens is 1. The zero-order valence-corrected chi connectivity index (χ0v) is 11.5. The van der Waals surface area contributed by atoms with Gasteiger partial charge in [-0.2, -0.15) is 0 Å². The lowest BCUT2D eigenvalue weighted by Gasteiger charge is -2.22. The molecule has 2 atom stereocenters. The van der Waals surface area contributed by atoms with Crippen LogP contribution in [0.3, 0.4) is 0 Å². The Labute approximate surface area is 118 Å². The molecule has 1 aromatic heterocycles. The summed E-state index contributed by atoms with van der Waals surface area (Å²) in [6.07, 6.45) is 2.15. The van der Waals surface area contributed by atoms with Gasteiger partial charge in [0.05, 0.1) is 12.7 Å². The normalized spacial score (nSPS) is 13.9. The first-order valence-corrected chi connectivity index (χ1v) is 6.69. The highest BCUT2D eigenvalue weighted by molar-refractivity contribution is 5.20. The number of hydrogen-bond acceptors (Lipinski definition) is 3. The predicted molar refractivity (Wildman–Crippen MR) is 76.7 cm³/mol. The summed E-state index contributed by atoms with van der Waals surface area (Å²) in [6.45, 7) is 2.36. The number of rotatable bonds is 6. The number of pyridine rings is 1. The summed E-state index contributed by atoms with van der Waals surface area (Å²) < 4.78 is 19.1. The van der Waals surface area contributed by atoms with E-state index in [1.807, 2.05) is 31.2 Å². The Morgan fingerprint density at radius 1 is 1.25 bits per heavy atom. The van der Waals surface area contributed by atoms with Crippen molar-refractivity contribution in [1.82, 2.24) is 4.98 Å². The first kappa shape index (κ1) is 14.6. The summed E-state index contributed by atoms with van der Waals surface area (Å²) in [5.74, 6) is -0.276. The minimum atomic E-state index is -0.311. The van der Waals surface area contributed by atoms with E-state index >= 15 is 0 Å². The van der Waals surface area contributed by atoms with Crippen LogP contribution in [0.4, 0.5) is 4.39 Å². The van der Waals surface area contributed by atoms with Gasteiger partial charge in [0.2, 0.25) is 0 Å². The van der Waals surface area contributed by atoms with Gasteiger partial charge in [-0.15, -0.1) is 0 Å². The average Bonchev–Trinajstić information content (AvgIpc) is 2.44. The molecule has 0 bridgehead atoms. The second kappa shape index (κ2) is 7.12. The number of benzene rings is 1. The fraction of sp³-hybridized carbons (Fsp3) is 0.312. The molecule has 1 heterocycles. The maximum absolute atomic E-state index is 13.3. The first-order valence-electron chi connectivity index (χ1n) is 6.69. The minimum absolute atomic E-state index is 0.208. The first-order chi connectivity index (χ1) is 9.66. The van der Waals surface area contributed by atoms with Gasteiger partial charge in [-0.25, -0.2) is 4.39 Å². The Bertz CT molecular complexity index is 531. The summed E-state index contributed by atoms with van der Waals surface area (Å²) >= 11 is 0. The van der Waals surface area contributed by atoms with Crippen LogP contribution in [0.1, 0.15) is 24.3 Å². The molecule has 0 fully saturated rings. The van der Waals surface area contributed by atoms with E-state index in [0.717, 1.165) is 11.3 Å². The monoisotopic (exact) mass is 274 g/mol. The highest BCUT2D eigenvalue weighted by atomic mass is 19.1. The summed E-state index contributed by atoms with van der Waals surface area (Å²) in [5, 5.41) is 0. The van der Waals surface area contributed by atoms with Gasteiger partial charge < -0.3 is 10.5 Å². The van der Waals surface area contributed by atoms with Crippen molar-refractivity contribution in [2.45, 2.75) is 25.5 Å². The summed E-state index contributed by atoms with van der Waals surface area (Å²) in [5.41, 5.74) is 7.67. The molecule has 2 unspecified atom stereocenters. The molecule has 0 radical (unpaired) electrons. The van der Waals surface area contributed by atoms with Crippen molar-refractivity contribution >= 4 is 0 Å². The van der Waals surface area contributed by atoms with E-state index in [-0.39, 0.29) is 18.0 Å². The van der Waals surface area contributed by atoms with Gasteiger partial charge >= 0.3 is 0 Å². The Hall–Kier alpha value is -1.78. The molecular formula is C16H19FN2O. The average molecular weight is 274 g/mol. The zero-order chi connectivity index (χ0) is 14.4. The lowest BCUT2D eigenvalue weighted by Crippen LogP contribution is -2.27. The maximum atomic E-state index is 13.3.